The second-order valence-corrected chi connectivity index (χ2v) is 9.28. The van der Waals surface area contributed by atoms with Gasteiger partial charge < -0.3 is 0 Å². The van der Waals surface area contributed by atoms with Crippen LogP contribution in [0, 0.1) is 29.1 Å². The summed E-state index contributed by atoms with van der Waals surface area (Å²) in [7, 11) is 0. The van der Waals surface area contributed by atoms with E-state index in [2.05, 4.69) is 122 Å². The Morgan fingerprint density at radius 3 is 1.29 bits per heavy atom. The minimum absolute atomic E-state index is 0.0142. The van der Waals surface area contributed by atoms with Crippen LogP contribution < -0.4 is 0 Å². The monoisotopic (exact) mass is 422 g/mol. The van der Waals surface area contributed by atoms with E-state index < -0.39 is 0 Å². The van der Waals surface area contributed by atoms with E-state index in [1.165, 1.54) is 16.7 Å². The van der Waals surface area contributed by atoms with Gasteiger partial charge in [0.2, 0.25) is 0 Å². The van der Waals surface area contributed by atoms with E-state index in [4.69, 9.17) is 0 Å². The summed E-state index contributed by atoms with van der Waals surface area (Å²) in [5.74, 6) is 13.8. The Hall–Kier alpha value is -2.87. The zero-order valence-corrected chi connectivity index (χ0v) is 19.5. The second-order valence-electron chi connectivity index (χ2n) is 8.09. The summed E-state index contributed by atoms with van der Waals surface area (Å²) in [6, 6.07) is 32.6. The lowest BCUT2D eigenvalue weighted by Crippen LogP contribution is -2.29. The van der Waals surface area contributed by atoms with Gasteiger partial charge in [0, 0.05) is 18.6 Å². The fraction of sp³-hybridized carbons (Fsp3) is 0.267. The van der Waals surface area contributed by atoms with Gasteiger partial charge in [0.1, 0.15) is 0 Å². The van der Waals surface area contributed by atoms with Crippen LogP contribution in [0.15, 0.2) is 91.0 Å². The van der Waals surface area contributed by atoms with Gasteiger partial charge in [0.05, 0.1) is 4.75 Å². The third-order valence-corrected chi connectivity index (χ3v) is 7.54. The molecule has 0 atom stereocenters. The Kier molecular flexibility index (Phi) is 8.06. The molecule has 0 aliphatic heterocycles. The molecule has 0 unspecified atom stereocenters. The summed E-state index contributed by atoms with van der Waals surface area (Å²) in [6.45, 7) is 6.16. The van der Waals surface area contributed by atoms with E-state index in [-0.39, 0.29) is 10.2 Å². The molecule has 3 aromatic carbocycles. The Labute approximate surface area is 192 Å². The van der Waals surface area contributed by atoms with Crippen molar-refractivity contribution in [2.45, 2.75) is 38.4 Å². The van der Waals surface area contributed by atoms with Crippen molar-refractivity contribution in [3.05, 3.63) is 108 Å². The largest absolute Gasteiger partial charge is 0.140 e. The van der Waals surface area contributed by atoms with Crippen LogP contribution in [0.5, 0.6) is 0 Å². The van der Waals surface area contributed by atoms with Gasteiger partial charge in [-0.2, -0.15) is 0 Å². The molecule has 1 heteroatoms. The minimum Gasteiger partial charge on any atom is -0.140 e. The molecular formula is C30H30S. The van der Waals surface area contributed by atoms with Crippen molar-refractivity contribution in [1.29, 1.82) is 0 Å². The van der Waals surface area contributed by atoms with E-state index in [1.54, 1.807) is 0 Å². The fourth-order valence-electron chi connectivity index (χ4n) is 3.82. The molecule has 0 saturated carbocycles. The molecule has 3 rings (SSSR count). The van der Waals surface area contributed by atoms with Crippen LogP contribution in [0.1, 0.15) is 50.3 Å². The van der Waals surface area contributed by atoms with E-state index in [0.29, 0.717) is 0 Å². The topological polar surface area (TPSA) is 0 Å². The van der Waals surface area contributed by atoms with Crippen LogP contribution in [0.4, 0.5) is 0 Å². The van der Waals surface area contributed by atoms with Gasteiger partial charge in [0.25, 0.3) is 0 Å². The van der Waals surface area contributed by atoms with Crippen molar-refractivity contribution in [2.75, 3.05) is 5.75 Å². The third kappa shape index (κ3) is 5.44. The average Bonchev–Trinajstić information content (AvgIpc) is 2.84. The van der Waals surface area contributed by atoms with Gasteiger partial charge in [-0.15, -0.1) is 35.4 Å². The van der Waals surface area contributed by atoms with Crippen LogP contribution >= 0.6 is 11.8 Å². The molecule has 0 fully saturated rings. The highest BCUT2D eigenvalue weighted by Gasteiger charge is 2.39. The lowest BCUT2D eigenvalue weighted by molar-refractivity contribution is 0.399. The van der Waals surface area contributed by atoms with Crippen LogP contribution in [0.2, 0.25) is 0 Å². The Bertz CT molecular complexity index is 942. The highest BCUT2D eigenvalue weighted by molar-refractivity contribution is 8.00. The summed E-state index contributed by atoms with van der Waals surface area (Å²) >= 11 is 2.00. The van der Waals surface area contributed by atoms with E-state index in [0.717, 1.165) is 18.6 Å². The van der Waals surface area contributed by atoms with Crippen LogP contribution in [-0.2, 0) is 4.75 Å². The standard InChI is InChI=1S/C30H30S/c1-4-6-23-29(3,24-7-5-2)25-31-30(26-17-11-8-12-18-26,27-19-13-9-14-20-27)28-21-15-10-16-22-28/h8-22H,23-25H2,1-3H3. The predicted molar refractivity (Wildman–Crippen MR) is 136 cm³/mol. The summed E-state index contributed by atoms with van der Waals surface area (Å²) in [4.78, 5) is 0. The van der Waals surface area contributed by atoms with Gasteiger partial charge in [0.15, 0.2) is 0 Å². The molecule has 0 amide bonds. The van der Waals surface area contributed by atoms with Crippen LogP contribution in [-0.4, -0.2) is 5.75 Å². The molecule has 0 saturated heterocycles. The molecule has 0 aliphatic rings. The Morgan fingerprint density at radius 2 is 0.968 bits per heavy atom. The molecule has 156 valence electrons. The van der Waals surface area contributed by atoms with Gasteiger partial charge >= 0.3 is 0 Å². The number of rotatable bonds is 8. The zero-order valence-electron chi connectivity index (χ0n) is 18.7. The molecule has 0 nitrogen and oxygen atoms in total. The molecule has 0 heterocycles. The fourth-order valence-corrected chi connectivity index (χ4v) is 5.50. The molecule has 0 spiro atoms. The molecule has 0 aliphatic carbocycles. The van der Waals surface area contributed by atoms with Crippen molar-refractivity contribution in [2.24, 2.45) is 5.41 Å². The smallest absolute Gasteiger partial charge is 0.0907 e. The second kappa shape index (κ2) is 10.9. The van der Waals surface area contributed by atoms with Crippen LogP contribution in [0.3, 0.4) is 0 Å². The lowest BCUT2D eigenvalue weighted by atomic mass is 9.84. The van der Waals surface area contributed by atoms with Crippen molar-refractivity contribution in [3.63, 3.8) is 0 Å². The van der Waals surface area contributed by atoms with Crippen molar-refractivity contribution < 1.29 is 0 Å². The van der Waals surface area contributed by atoms with Crippen LogP contribution in [0.25, 0.3) is 0 Å². The van der Waals surface area contributed by atoms with Crippen molar-refractivity contribution in [1.82, 2.24) is 0 Å². The molecule has 0 radical (unpaired) electrons. The highest BCUT2D eigenvalue weighted by Crippen LogP contribution is 2.50. The molecule has 0 aromatic heterocycles. The molecule has 0 N–H and O–H groups in total. The first-order valence-corrected chi connectivity index (χ1v) is 11.7. The van der Waals surface area contributed by atoms with Gasteiger partial charge in [-0.25, -0.2) is 0 Å². The number of thioether (sulfide) groups is 1. The average molecular weight is 423 g/mol. The normalized spacial score (nSPS) is 11.1. The van der Waals surface area contributed by atoms with E-state index >= 15 is 0 Å². The predicted octanol–water partition coefficient (Wildman–Crippen LogP) is 7.54. The molecule has 31 heavy (non-hydrogen) atoms. The maximum Gasteiger partial charge on any atom is 0.0907 e. The minimum atomic E-state index is -0.301. The van der Waals surface area contributed by atoms with E-state index in [1.807, 2.05) is 25.6 Å². The van der Waals surface area contributed by atoms with Gasteiger partial charge in [-0.05, 0) is 36.0 Å². The zero-order chi connectivity index (χ0) is 22.0. The number of benzene rings is 3. The van der Waals surface area contributed by atoms with Gasteiger partial charge in [-0.1, -0.05) is 97.9 Å². The Balaban J connectivity index is 2.15. The maximum atomic E-state index is 3.32. The lowest BCUT2D eigenvalue weighted by Gasteiger charge is -2.38. The first-order chi connectivity index (χ1) is 15.1. The molecule has 3 aromatic rings. The number of hydrogen-bond donors (Lipinski definition) is 0. The third-order valence-electron chi connectivity index (χ3n) is 5.56. The number of hydrogen-bond acceptors (Lipinski definition) is 1. The van der Waals surface area contributed by atoms with E-state index in [9.17, 15) is 0 Å². The SMILES string of the molecule is CC#CCC(C)(CC#CC)CSC(c1ccccc1)(c1ccccc1)c1ccccc1. The maximum absolute atomic E-state index is 3.32. The first-order valence-electron chi connectivity index (χ1n) is 10.7. The summed E-state index contributed by atoms with van der Waals surface area (Å²) in [5.41, 5.74) is 3.90. The molecular weight excluding hydrogens is 392 g/mol. The summed E-state index contributed by atoms with van der Waals surface area (Å²) in [5, 5.41) is 0. The van der Waals surface area contributed by atoms with Crippen molar-refractivity contribution in [3.8, 4) is 23.7 Å². The quantitative estimate of drug-likeness (QED) is 0.267. The Morgan fingerprint density at radius 1 is 0.613 bits per heavy atom. The summed E-state index contributed by atoms with van der Waals surface area (Å²) in [6.07, 6.45) is 1.69. The van der Waals surface area contributed by atoms with Crippen molar-refractivity contribution >= 4 is 11.8 Å². The summed E-state index contributed by atoms with van der Waals surface area (Å²) < 4.78 is -0.301. The molecule has 0 bridgehead atoms. The van der Waals surface area contributed by atoms with Gasteiger partial charge in [-0.3, -0.25) is 0 Å². The highest BCUT2D eigenvalue weighted by atomic mass is 32.2. The first kappa shape index (κ1) is 22.8.